The fourth-order valence-corrected chi connectivity index (χ4v) is 1.18. The van der Waals surface area contributed by atoms with Crippen molar-refractivity contribution < 1.29 is 4.79 Å². The Hall–Kier alpha value is -0.410. The first kappa shape index (κ1) is 11.6. The molecule has 0 amide bonds. The van der Waals surface area contributed by atoms with E-state index in [1.807, 2.05) is 20.8 Å². The Balaban J connectivity index is 4.48. The lowest BCUT2D eigenvalue weighted by molar-refractivity contribution is -0.120. The van der Waals surface area contributed by atoms with E-state index in [4.69, 9.17) is 11.5 Å². The van der Waals surface area contributed by atoms with E-state index in [0.717, 1.165) is 6.42 Å². The minimum absolute atomic E-state index is 0.0414. The lowest BCUT2D eigenvalue weighted by atomic mass is 9.79. The van der Waals surface area contributed by atoms with Gasteiger partial charge in [-0.05, 0) is 19.8 Å². The van der Waals surface area contributed by atoms with Crippen LogP contribution in [0.15, 0.2) is 0 Å². The molecular weight excluding hydrogens is 152 g/mol. The van der Waals surface area contributed by atoms with Gasteiger partial charge in [0.05, 0.1) is 6.04 Å². The maximum atomic E-state index is 11.0. The molecule has 0 aromatic carbocycles. The van der Waals surface area contributed by atoms with Gasteiger partial charge in [0.2, 0.25) is 0 Å². The smallest absolute Gasteiger partial charge is 0.148 e. The Kier molecular flexibility index (Phi) is 3.87. The first-order chi connectivity index (χ1) is 5.34. The van der Waals surface area contributed by atoms with Crippen LogP contribution < -0.4 is 11.5 Å². The molecule has 0 heterocycles. The number of hydrogen-bond acceptors (Lipinski definition) is 3. The molecule has 0 aliphatic rings. The number of carbonyl (C=O) groups excluding carboxylic acids is 1. The van der Waals surface area contributed by atoms with Crippen LogP contribution in [0.2, 0.25) is 0 Å². The Morgan fingerprint density at radius 1 is 1.58 bits per heavy atom. The fraction of sp³-hybridized carbons (Fsp3) is 0.889. The van der Waals surface area contributed by atoms with Gasteiger partial charge < -0.3 is 11.5 Å². The maximum Gasteiger partial charge on any atom is 0.148 e. The third-order valence-corrected chi connectivity index (χ3v) is 2.78. The number of rotatable bonds is 4. The molecule has 72 valence electrons. The van der Waals surface area contributed by atoms with Crippen LogP contribution in [0.5, 0.6) is 0 Å². The summed E-state index contributed by atoms with van der Waals surface area (Å²) in [7, 11) is 0. The van der Waals surface area contributed by atoms with Crippen LogP contribution in [-0.4, -0.2) is 17.4 Å². The second-order valence-corrected chi connectivity index (χ2v) is 3.76. The maximum absolute atomic E-state index is 11.0. The van der Waals surface area contributed by atoms with Crippen LogP contribution >= 0.6 is 0 Å². The molecule has 0 unspecified atom stereocenters. The second-order valence-electron chi connectivity index (χ2n) is 3.76. The lowest BCUT2D eigenvalue weighted by Crippen LogP contribution is -2.60. The standard InChI is InChI=1S/C9H20N2O/c1-5-6(2)9(4,11)8(10)7(3)12/h6,8H,5,10-11H2,1-4H3/t6-,8-,9-/m1/s1. The van der Waals surface area contributed by atoms with Gasteiger partial charge in [0.25, 0.3) is 0 Å². The van der Waals surface area contributed by atoms with Gasteiger partial charge in [0.1, 0.15) is 5.78 Å². The molecule has 0 aromatic heterocycles. The molecule has 0 radical (unpaired) electrons. The van der Waals surface area contributed by atoms with E-state index in [1.165, 1.54) is 6.92 Å². The molecule has 12 heavy (non-hydrogen) atoms. The summed E-state index contributed by atoms with van der Waals surface area (Å²) >= 11 is 0. The van der Waals surface area contributed by atoms with Crippen LogP contribution in [0.1, 0.15) is 34.1 Å². The number of carbonyl (C=O) groups is 1. The van der Waals surface area contributed by atoms with Crippen molar-refractivity contribution in [3.05, 3.63) is 0 Å². The molecule has 0 fully saturated rings. The zero-order chi connectivity index (χ0) is 9.94. The van der Waals surface area contributed by atoms with Crippen molar-refractivity contribution in [2.45, 2.75) is 45.7 Å². The minimum atomic E-state index is -0.583. The largest absolute Gasteiger partial charge is 0.323 e. The summed E-state index contributed by atoms with van der Waals surface area (Å²) in [6, 6.07) is -0.549. The van der Waals surface area contributed by atoms with Gasteiger partial charge in [-0.3, -0.25) is 4.79 Å². The van der Waals surface area contributed by atoms with Crippen LogP contribution in [0.25, 0.3) is 0 Å². The Labute approximate surface area is 74.5 Å². The van der Waals surface area contributed by atoms with Crippen molar-refractivity contribution >= 4 is 5.78 Å². The topological polar surface area (TPSA) is 69.1 Å². The van der Waals surface area contributed by atoms with Crippen molar-refractivity contribution in [1.82, 2.24) is 0 Å². The average Bonchev–Trinajstić information content (AvgIpc) is 2.01. The second kappa shape index (κ2) is 4.01. The molecular formula is C9H20N2O. The van der Waals surface area contributed by atoms with E-state index in [-0.39, 0.29) is 11.7 Å². The summed E-state index contributed by atoms with van der Waals surface area (Å²) in [6.07, 6.45) is 0.938. The summed E-state index contributed by atoms with van der Waals surface area (Å²) in [4.78, 5) is 11.0. The van der Waals surface area contributed by atoms with Gasteiger partial charge in [-0.25, -0.2) is 0 Å². The summed E-state index contributed by atoms with van der Waals surface area (Å²) < 4.78 is 0. The molecule has 3 atom stereocenters. The fourth-order valence-electron chi connectivity index (χ4n) is 1.18. The predicted molar refractivity (Wildman–Crippen MR) is 50.7 cm³/mol. The van der Waals surface area contributed by atoms with Gasteiger partial charge in [-0.1, -0.05) is 20.3 Å². The SMILES string of the molecule is CC[C@@H](C)[C@@](C)(N)[C@H](N)C(C)=O. The molecule has 0 aromatic rings. The number of hydrogen-bond donors (Lipinski definition) is 2. The van der Waals surface area contributed by atoms with E-state index in [2.05, 4.69) is 0 Å². The lowest BCUT2D eigenvalue weighted by Gasteiger charge is -2.35. The van der Waals surface area contributed by atoms with Gasteiger partial charge in [-0.15, -0.1) is 0 Å². The van der Waals surface area contributed by atoms with Crippen molar-refractivity contribution in [3.63, 3.8) is 0 Å². The van der Waals surface area contributed by atoms with Gasteiger partial charge >= 0.3 is 0 Å². The van der Waals surface area contributed by atoms with Crippen molar-refractivity contribution in [3.8, 4) is 0 Å². The van der Waals surface area contributed by atoms with Crippen LogP contribution in [0.3, 0.4) is 0 Å². The van der Waals surface area contributed by atoms with E-state index >= 15 is 0 Å². The highest BCUT2D eigenvalue weighted by Crippen LogP contribution is 2.20. The summed E-state index contributed by atoms with van der Waals surface area (Å²) in [5.74, 6) is 0.219. The molecule has 0 spiro atoms. The number of Topliss-reactive ketones (excluding diaryl/α,β-unsaturated/α-hetero) is 1. The molecule has 0 aliphatic heterocycles. The zero-order valence-electron chi connectivity index (χ0n) is 8.42. The minimum Gasteiger partial charge on any atom is -0.323 e. The summed E-state index contributed by atoms with van der Waals surface area (Å²) in [6.45, 7) is 7.39. The van der Waals surface area contributed by atoms with Gasteiger partial charge in [-0.2, -0.15) is 0 Å². The van der Waals surface area contributed by atoms with Crippen molar-refractivity contribution in [2.75, 3.05) is 0 Å². The molecule has 4 N–H and O–H groups in total. The normalized spacial score (nSPS) is 21.2. The molecule has 0 saturated heterocycles. The Bertz CT molecular complexity index is 166. The molecule has 0 aliphatic carbocycles. The van der Waals surface area contributed by atoms with Crippen LogP contribution in [-0.2, 0) is 4.79 Å². The molecule has 0 saturated carbocycles. The monoisotopic (exact) mass is 172 g/mol. The van der Waals surface area contributed by atoms with Crippen LogP contribution in [0, 0.1) is 5.92 Å². The van der Waals surface area contributed by atoms with Crippen molar-refractivity contribution in [2.24, 2.45) is 17.4 Å². The highest BCUT2D eigenvalue weighted by Gasteiger charge is 2.34. The third kappa shape index (κ3) is 2.29. The predicted octanol–water partition coefficient (Wildman–Crippen LogP) is 0.666. The molecule has 0 rings (SSSR count). The third-order valence-electron chi connectivity index (χ3n) is 2.78. The van der Waals surface area contributed by atoms with Crippen LogP contribution in [0.4, 0.5) is 0 Å². The Morgan fingerprint density at radius 3 is 2.25 bits per heavy atom. The summed E-state index contributed by atoms with van der Waals surface area (Å²) in [5.41, 5.74) is 11.1. The first-order valence-electron chi connectivity index (χ1n) is 4.38. The summed E-state index contributed by atoms with van der Waals surface area (Å²) in [5, 5.41) is 0. The highest BCUT2D eigenvalue weighted by molar-refractivity contribution is 5.82. The Morgan fingerprint density at radius 2 is 2.00 bits per heavy atom. The number of nitrogens with two attached hydrogens (primary N) is 2. The average molecular weight is 172 g/mol. The molecule has 0 bridgehead atoms. The molecule has 3 nitrogen and oxygen atoms in total. The van der Waals surface area contributed by atoms with Gasteiger partial charge in [0, 0.05) is 5.54 Å². The van der Waals surface area contributed by atoms with E-state index in [0.29, 0.717) is 0 Å². The quantitative estimate of drug-likeness (QED) is 0.654. The molecule has 3 heteroatoms. The zero-order valence-corrected chi connectivity index (χ0v) is 8.42. The van der Waals surface area contributed by atoms with E-state index in [9.17, 15) is 4.79 Å². The van der Waals surface area contributed by atoms with Gasteiger partial charge in [0.15, 0.2) is 0 Å². The highest BCUT2D eigenvalue weighted by atomic mass is 16.1. The number of ketones is 1. The van der Waals surface area contributed by atoms with E-state index in [1.54, 1.807) is 0 Å². The van der Waals surface area contributed by atoms with E-state index < -0.39 is 11.6 Å². The van der Waals surface area contributed by atoms with Crippen molar-refractivity contribution in [1.29, 1.82) is 0 Å². The first-order valence-corrected chi connectivity index (χ1v) is 4.38.